The molecule has 0 aliphatic heterocycles. The summed E-state index contributed by atoms with van der Waals surface area (Å²) in [6.45, 7) is 3.83. The Labute approximate surface area is 130 Å². The van der Waals surface area contributed by atoms with Crippen LogP contribution in [0, 0.1) is 11.3 Å². The first-order valence-electron chi connectivity index (χ1n) is 6.65. The Balaban J connectivity index is 2.20. The summed E-state index contributed by atoms with van der Waals surface area (Å²) in [7, 11) is 1.27. The fourth-order valence-electron chi connectivity index (χ4n) is 2.10. The maximum Gasteiger partial charge on any atom is 0.409 e. The van der Waals surface area contributed by atoms with Crippen LogP contribution in [0.5, 0.6) is 0 Å². The van der Waals surface area contributed by atoms with Gasteiger partial charge in [-0.05, 0) is 17.7 Å². The highest BCUT2D eigenvalue weighted by molar-refractivity contribution is 5.89. The molecule has 0 aliphatic rings. The molecule has 0 unspecified atom stereocenters. The van der Waals surface area contributed by atoms with E-state index in [9.17, 15) is 13.2 Å². The van der Waals surface area contributed by atoms with Crippen LogP contribution in [0.4, 0.5) is 13.2 Å². The van der Waals surface area contributed by atoms with Gasteiger partial charge in [-0.25, -0.2) is 9.97 Å². The van der Waals surface area contributed by atoms with E-state index in [-0.39, 0.29) is 0 Å². The maximum absolute atomic E-state index is 12.9. The molecule has 2 aromatic heterocycles. The lowest BCUT2D eigenvalue weighted by molar-refractivity contribution is -0.172. The molecule has 1 atom stereocenters. The summed E-state index contributed by atoms with van der Waals surface area (Å²) in [6, 6.07) is 1.45. The van der Waals surface area contributed by atoms with Crippen molar-refractivity contribution in [2.24, 2.45) is 0 Å². The Morgan fingerprint density at radius 3 is 2.91 bits per heavy atom. The highest BCUT2D eigenvalue weighted by Crippen LogP contribution is 2.27. The second-order valence-corrected chi connectivity index (χ2v) is 4.89. The van der Waals surface area contributed by atoms with E-state index in [4.69, 9.17) is 5.26 Å². The van der Waals surface area contributed by atoms with Crippen LogP contribution in [0.25, 0.3) is 16.6 Å². The van der Waals surface area contributed by atoms with Crippen molar-refractivity contribution in [1.82, 2.24) is 19.9 Å². The number of halogens is 3. The number of allylic oxidation sites excluding steroid dienone is 2. The Hall–Kier alpha value is -2.82. The minimum atomic E-state index is -4.49. The topological polar surface area (TPSA) is 68.6 Å². The van der Waals surface area contributed by atoms with Crippen LogP contribution in [-0.2, 0) is 0 Å². The quantitative estimate of drug-likeness (QED) is 0.858. The lowest BCUT2D eigenvalue weighted by Crippen LogP contribution is -2.40. The summed E-state index contributed by atoms with van der Waals surface area (Å²) >= 11 is 0. The fraction of sp³-hybridized carbons (Fsp3) is 0.267. The molecule has 23 heavy (non-hydrogen) atoms. The molecule has 0 saturated carbocycles. The number of rotatable bonds is 5. The van der Waals surface area contributed by atoms with Gasteiger partial charge in [0.25, 0.3) is 0 Å². The van der Waals surface area contributed by atoms with Crippen molar-refractivity contribution >= 4 is 16.6 Å². The van der Waals surface area contributed by atoms with Gasteiger partial charge in [0.15, 0.2) is 0 Å². The number of hydrogen-bond donors (Lipinski definition) is 1. The molecule has 1 N–H and O–H groups in total. The summed E-state index contributed by atoms with van der Waals surface area (Å²) in [4.78, 5) is 12.0. The van der Waals surface area contributed by atoms with Crippen molar-refractivity contribution in [3.63, 3.8) is 0 Å². The van der Waals surface area contributed by atoms with Crippen molar-refractivity contribution < 1.29 is 13.2 Å². The second kappa shape index (κ2) is 6.52. The zero-order chi connectivity index (χ0) is 17.0. The summed E-state index contributed by atoms with van der Waals surface area (Å²) in [6.07, 6.45) is 0.596. The zero-order valence-corrected chi connectivity index (χ0v) is 12.3. The number of aromatic nitrogens is 3. The lowest BCUT2D eigenvalue weighted by Gasteiger charge is -2.26. The molecule has 8 heteroatoms. The molecular weight excluding hydrogens is 307 g/mol. The molecule has 0 aromatic carbocycles. The minimum absolute atomic E-state index is 0.446. The molecule has 2 aromatic rings. The summed E-state index contributed by atoms with van der Waals surface area (Å²) in [5.41, 5.74) is 1.60. The average Bonchev–Trinajstić information content (AvgIpc) is 2.97. The van der Waals surface area contributed by atoms with Gasteiger partial charge in [-0.1, -0.05) is 6.58 Å². The molecular formula is C15H14F3N5. The highest BCUT2D eigenvalue weighted by atomic mass is 19.4. The molecule has 0 radical (unpaired) electrons. The number of nitriles is 1. The smallest absolute Gasteiger partial charge is 0.368 e. The Kier molecular flexibility index (Phi) is 4.69. The van der Waals surface area contributed by atoms with Crippen molar-refractivity contribution in [3.05, 3.63) is 43.1 Å². The summed E-state index contributed by atoms with van der Waals surface area (Å²) < 4.78 is 38.7. The van der Waals surface area contributed by atoms with E-state index in [0.29, 0.717) is 16.9 Å². The first kappa shape index (κ1) is 16.5. The predicted octanol–water partition coefficient (Wildman–Crippen LogP) is 3.26. The van der Waals surface area contributed by atoms with Gasteiger partial charge in [0.1, 0.15) is 18.0 Å². The van der Waals surface area contributed by atoms with Crippen LogP contribution in [0.15, 0.2) is 37.4 Å². The van der Waals surface area contributed by atoms with E-state index in [1.807, 2.05) is 0 Å². The maximum atomic E-state index is 12.9. The number of aromatic amines is 1. The molecule has 2 rings (SSSR count). The van der Waals surface area contributed by atoms with Gasteiger partial charge in [-0.3, -0.25) is 0 Å². The second-order valence-electron chi connectivity index (χ2n) is 4.89. The Morgan fingerprint density at radius 2 is 2.26 bits per heavy atom. The number of alkyl halides is 3. The third-order valence-electron chi connectivity index (χ3n) is 3.32. The minimum Gasteiger partial charge on any atom is -0.368 e. The summed E-state index contributed by atoms with van der Waals surface area (Å²) in [5.74, 6) is 0. The Bertz CT molecular complexity index is 769. The van der Waals surface area contributed by atoms with Gasteiger partial charge in [0.2, 0.25) is 0 Å². The van der Waals surface area contributed by atoms with Crippen molar-refractivity contribution in [2.45, 2.75) is 18.6 Å². The molecule has 2 heterocycles. The van der Waals surface area contributed by atoms with Crippen LogP contribution in [-0.4, -0.2) is 39.1 Å². The first-order valence-corrected chi connectivity index (χ1v) is 6.65. The number of nitrogens with one attached hydrogen (secondary N) is 1. The first-order chi connectivity index (χ1) is 10.8. The summed E-state index contributed by atoms with van der Waals surface area (Å²) in [5, 5.41) is 9.29. The van der Waals surface area contributed by atoms with Crippen molar-refractivity contribution in [1.29, 1.82) is 5.26 Å². The average molecular weight is 321 g/mol. The predicted molar refractivity (Wildman–Crippen MR) is 79.9 cm³/mol. The van der Waals surface area contributed by atoms with Gasteiger partial charge in [-0.15, -0.1) is 0 Å². The number of fused-ring (bicyclic) bond motifs is 1. The normalized spacial score (nSPS) is 13.2. The van der Waals surface area contributed by atoms with Crippen LogP contribution in [0.2, 0.25) is 0 Å². The van der Waals surface area contributed by atoms with Gasteiger partial charge in [0.05, 0.1) is 18.2 Å². The molecule has 0 saturated heterocycles. The van der Waals surface area contributed by atoms with E-state index in [1.165, 1.54) is 25.7 Å². The van der Waals surface area contributed by atoms with Gasteiger partial charge < -0.3 is 9.88 Å². The van der Waals surface area contributed by atoms with Crippen LogP contribution < -0.4 is 0 Å². The van der Waals surface area contributed by atoms with E-state index < -0.39 is 18.6 Å². The molecule has 0 spiro atoms. The molecule has 0 fully saturated rings. The van der Waals surface area contributed by atoms with Gasteiger partial charge in [0, 0.05) is 24.8 Å². The van der Waals surface area contributed by atoms with Gasteiger partial charge in [-0.2, -0.15) is 18.4 Å². The molecule has 5 nitrogen and oxygen atoms in total. The third-order valence-corrected chi connectivity index (χ3v) is 3.32. The number of hydrogen-bond acceptors (Lipinski definition) is 4. The van der Waals surface area contributed by atoms with E-state index in [0.717, 1.165) is 10.3 Å². The van der Waals surface area contributed by atoms with Crippen LogP contribution in [0.3, 0.4) is 0 Å². The molecule has 0 bridgehead atoms. The highest BCUT2D eigenvalue weighted by Gasteiger charge is 2.41. The standard InChI is InChI=1S/C15H14F3N5/c1-10(13-11-4-7-20-14(11)22-9-21-13)5-8-23(2)12(3-6-19)15(16,17)18/h4-5,7-9,12H,1,3H2,2H3,(H,20,21,22)/b8-5-/t12-/m1/s1. The fourth-order valence-corrected chi connectivity index (χ4v) is 2.10. The SMILES string of the molecule is C=C(/C=C\N(C)[C@H](CC#N)C(F)(F)F)c1ncnc2[nH]ccc12. The number of nitrogens with zero attached hydrogens (tertiary/aromatic N) is 4. The molecule has 120 valence electrons. The van der Waals surface area contributed by atoms with Crippen molar-refractivity contribution in [3.8, 4) is 6.07 Å². The van der Waals surface area contributed by atoms with Crippen LogP contribution >= 0.6 is 0 Å². The molecule has 0 amide bonds. The van der Waals surface area contributed by atoms with E-state index in [2.05, 4.69) is 21.5 Å². The lowest BCUT2D eigenvalue weighted by atomic mass is 10.1. The Morgan fingerprint density at radius 1 is 1.52 bits per heavy atom. The molecule has 0 aliphatic carbocycles. The van der Waals surface area contributed by atoms with Crippen molar-refractivity contribution in [2.75, 3.05) is 7.05 Å². The zero-order valence-electron chi connectivity index (χ0n) is 12.3. The van der Waals surface area contributed by atoms with Crippen LogP contribution in [0.1, 0.15) is 12.1 Å². The monoisotopic (exact) mass is 321 g/mol. The number of H-pyrrole nitrogens is 1. The van der Waals surface area contributed by atoms with E-state index >= 15 is 0 Å². The van der Waals surface area contributed by atoms with E-state index in [1.54, 1.807) is 18.3 Å². The largest absolute Gasteiger partial charge is 0.409 e. The third kappa shape index (κ3) is 3.69. The van der Waals surface area contributed by atoms with Gasteiger partial charge >= 0.3 is 6.18 Å².